The lowest BCUT2D eigenvalue weighted by Crippen LogP contribution is -2.30. The number of anilines is 1. The quantitative estimate of drug-likeness (QED) is 0.812. The SMILES string of the molecule is Cc1ccc(C(=O)O[C@@H](C)C(=O)Nc2ccc(Br)cc2)c(C)c1. The molecule has 0 spiro atoms. The molecule has 23 heavy (non-hydrogen) atoms. The van der Waals surface area contributed by atoms with Gasteiger partial charge in [-0.2, -0.15) is 0 Å². The zero-order valence-electron chi connectivity index (χ0n) is 13.2. The van der Waals surface area contributed by atoms with Gasteiger partial charge in [-0.25, -0.2) is 4.79 Å². The Labute approximate surface area is 144 Å². The predicted octanol–water partition coefficient (Wildman–Crippen LogP) is 4.25. The van der Waals surface area contributed by atoms with Gasteiger partial charge in [-0.15, -0.1) is 0 Å². The van der Waals surface area contributed by atoms with Crippen molar-refractivity contribution in [2.75, 3.05) is 5.32 Å². The Morgan fingerprint density at radius 2 is 1.74 bits per heavy atom. The van der Waals surface area contributed by atoms with Crippen LogP contribution < -0.4 is 5.32 Å². The number of hydrogen-bond acceptors (Lipinski definition) is 3. The highest BCUT2D eigenvalue weighted by molar-refractivity contribution is 9.10. The molecular formula is C18H18BrNO3. The third-order valence-electron chi connectivity index (χ3n) is 3.37. The molecule has 0 fully saturated rings. The van der Waals surface area contributed by atoms with Gasteiger partial charge in [0, 0.05) is 10.2 Å². The maximum absolute atomic E-state index is 12.2. The minimum absolute atomic E-state index is 0.370. The van der Waals surface area contributed by atoms with Gasteiger partial charge in [-0.3, -0.25) is 4.79 Å². The van der Waals surface area contributed by atoms with Crippen LogP contribution in [0.15, 0.2) is 46.9 Å². The molecule has 1 amide bonds. The van der Waals surface area contributed by atoms with Gasteiger partial charge < -0.3 is 10.1 Å². The molecule has 0 saturated heterocycles. The van der Waals surface area contributed by atoms with E-state index in [1.165, 1.54) is 0 Å². The highest BCUT2D eigenvalue weighted by atomic mass is 79.9. The fourth-order valence-electron chi connectivity index (χ4n) is 2.10. The van der Waals surface area contributed by atoms with Crippen LogP contribution in [0, 0.1) is 13.8 Å². The molecular weight excluding hydrogens is 358 g/mol. The summed E-state index contributed by atoms with van der Waals surface area (Å²) >= 11 is 3.33. The Morgan fingerprint density at radius 3 is 2.35 bits per heavy atom. The van der Waals surface area contributed by atoms with Crippen LogP contribution in [0.25, 0.3) is 0 Å². The van der Waals surface area contributed by atoms with E-state index >= 15 is 0 Å². The summed E-state index contributed by atoms with van der Waals surface area (Å²) < 4.78 is 6.18. The first-order valence-corrected chi connectivity index (χ1v) is 8.01. The first kappa shape index (κ1) is 17.2. The second-order valence-corrected chi connectivity index (χ2v) is 6.28. The molecule has 2 rings (SSSR count). The number of aryl methyl sites for hydroxylation is 2. The standard InChI is InChI=1S/C18H18BrNO3/c1-11-4-9-16(12(2)10-11)18(22)23-13(3)17(21)20-15-7-5-14(19)6-8-15/h4-10,13H,1-3H3,(H,20,21)/t13-/m0/s1. The summed E-state index contributed by atoms with van der Waals surface area (Å²) in [5.41, 5.74) is 3.02. The zero-order chi connectivity index (χ0) is 17.0. The molecule has 1 atom stereocenters. The monoisotopic (exact) mass is 375 g/mol. The first-order chi connectivity index (χ1) is 10.9. The molecule has 0 aliphatic heterocycles. The molecule has 0 heterocycles. The Hall–Kier alpha value is -2.14. The highest BCUT2D eigenvalue weighted by Crippen LogP contribution is 2.16. The number of halogens is 1. The van der Waals surface area contributed by atoms with E-state index in [-0.39, 0.29) is 5.91 Å². The summed E-state index contributed by atoms with van der Waals surface area (Å²) in [6, 6.07) is 12.6. The predicted molar refractivity (Wildman–Crippen MR) is 93.6 cm³/mol. The number of benzene rings is 2. The third kappa shape index (κ3) is 4.66. The van der Waals surface area contributed by atoms with Crippen LogP contribution in [0.5, 0.6) is 0 Å². The number of rotatable bonds is 4. The van der Waals surface area contributed by atoms with E-state index in [1.807, 2.05) is 38.1 Å². The molecule has 0 radical (unpaired) electrons. The van der Waals surface area contributed by atoms with Crippen LogP contribution in [-0.4, -0.2) is 18.0 Å². The average Bonchev–Trinajstić information content (AvgIpc) is 2.49. The van der Waals surface area contributed by atoms with Crippen molar-refractivity contribution in [2.45, 2.75) is 26.9 Å². The van der Waals surface area contributed by atoms with Gasteiger partial charge in [0.25, 0.3) is 5.91 Å². The summed E-state index contributed by atoms with van der Waals surface area (Å²) in [6.07, 6.45) is -0.883. The van der Waals surface area contributed by atoms with Crippen molar-refractivity contribution >= 4 is 33.5 Å². The number of esters is 1. The number of carbonyl (C=O) groups excluding carboxylic acids is 2. The Balaban J connectivity index is 2.00. The second kappa shape index (κ2) is 7.42. The number of ether oxygens (including phenoxy) is 1. The van der Waals surface area contributed by atoms with Crippen LogP contribution in [0.4, 0.5) is 5.69 Å². The lowest BCUT2D eigenvalue weighted by Gasteiger charge is -2.14. The first-order valence-electron chi connectivity index (χ1n) is 7.21. The summed E-state index contributed by atoms with van der Waals surface area (Å²) in [5, 5.41) is 2.71. The number of amides is 1. The average molecular weight is 376 g/mol. The fourth-order valence-corrected chi connectivity index (χ4v) is 2.36. The zero-order valence-corrected chi connectivity index (χ0v) is 14.8. The van der Waals surface area contributed by atoms with Crippen LogP contribution in [-0.2, 0) is 9.53 Å². The molecule has 0 aliphatic rings. The van der Waals surface area contributed by atoms with E-state index in [4.69, 9.17) is 4.74 Å². The van der Waals surface area contributed by atoms with Crippen LogP contribution in [0.3, 0.4) is 0 Å². The Bertz CT molecular complexity index is 726. The van der Waals surface area contributed by atoms with Crippen molar-refractivity contribution in [3.8, 4) is 0 Å². The number of hydrogen-bond donors (Lipinski definition) is 1. The lowest BCUT2D eigenvalue weighted by molar-refractivity contribution is -0.123. The molecule has 1 N–H and O–H groups in total. The van der Waals surface area contributed by atoms with Gasteiger partial charge >= 0.3 is 5.97 Å². The Morgan fingerprint density at radius 1 is 1.09 bits per heavy atom. The van der Waals surface area contributed by atoms with Gasteiger partial charge in [-0.05, 0) is 56.7 Å². The van der Waals surface area contributed by atoms with E-state index in [2.05, 4.69) is 21.2 Å². The molecule has 2 aromatic carbocycles. The molecule has 0 unspecified atom stereocenters. The van der Waals surface area contributed by atoms with E-state index in [0.717, 1.165) is 15.6 Å². The maximum atomic E-state index is 12.2. The van der Waals surface area contributed by atoms with Crippen molar-refractivity contribution in [1.82, 2.24) is 0 Å². The number of nitrogens with one attached hydrogen (secondary N) is 1. The Kier molecular flexibility index (Phi) is 5.55. The number of carbonyl (C=O) groups is 2. The van der Waals surface area contributed by atoms with Gasteiger partial charge in [-0.1, -0.05) is 33.6 Å². The lowest BCUT2D eigenvalue weighted by atomic mass is 10.1. The van der Waals surface area contributed by atoms with Crippen molar-refractivity contribution in [2.24, 2.45) is 0 Å². The van der Waals surface area contributed by atoms with Gasteiger partial charge in [0.15, 0.2) is 6.10 Å². The van der Waals surface area contributed by atoms with E-state index in [0.29, 0.717) is 11.3 Å². The molecule has 5 heteroatoms. The molecule has 0 aliphatic carbocycles. The summed E-state index contributed by atoms with van der Waals surface area (Å²) in [5.74, 6) is -0.869. The van der Waals surface area contributed by atoms with Gasteiger partial charge in [0.05, 0.1) is 5.56 Å². The van der Waals surface area contributed by atoms with Crippen molar-refractivity contribution in [3.63, 3.8) is 0 Å². The fraction of sp³-hybridized carbons (Fsp3) is 0.222. The molecule has 120 valence electrons. The van der Waals surface area contributed by atoms with E-state index in [9.17, 15) is 9.59 Å². The van der Waals surface area contributed by atoms with Crippen molar-refractivity contribution < 1.29 is 14.3 Å². The van der Waals surface area contributed by atoms with Gasteiger partial charge in [0.2, 0.25) is 0 Å². The minimum atomic E-state index is -0.883. The van der Waals surface area contributed by atoms with Crippen LogP contribution >= 0.6 is 15.9 Å². The van der Waals surface area contributed by atoms with E-state index in [1.54, 1.807) is 25.1 Å². The summed E-state index contributed by atoms with van der Waals surface area (Å²) in [6.45, 7) is 5.35. The highest BCUT2D eigenvalue weighted by Gasteiger charge is 2.20. The summed E-state index contributed by atoms with van der Waals surface area (Å²) in [4.78, 5) is 24.3. The van der Waals surface area contributed by atoms with Crippen LogP contribution in [0.2, 0.25) is 0 Å². The van der Waals surface area contributed by atoms with Crippen molar-refractivity contribution in [3.05, 3.63) is 63.6 Å². The molecule has 4 nitrogen and oxygen atoms in total. The minimum Gasteiger partial charge on any atom is -0.449 e. The van der Waals surface area contributed by atoms with E-state index < -0.39 is 12.1 Å². The smallest absolute Gasteiger partial charge is 0.339 e. The largest absolute Gasteiger partial charge is 0.449 e. The van der Waals surface area contributed by atoms with Crippen molar-refractivity contribution in [1.29, 1.82) is 0 Å². The summed E-state index contributed by atoms with van der Waals surface area (Å²) in [7, 11) is 0. The normalized spacial score (nSPS) is 11.7. The third-order valence-corrected chi connectivity index (χ3v) is 3.90. The van der Waals surface area contributed by atoms with Crippen LogP contribution in [0.1, 0.15) is 28.4 Å². The second-order valence-electron chi connectivity index (χ2n) is 5.36. The molecule has 0 bridgehead atoms. The van der Waals surface area contributed by atoms with Gasteiger partial charge in [0.1, 0.15) is 0 Å². The topological polar surface area (TPSA) is 55.4 Å². The molecule has 0 saturated carbocycles. The molecule has 0 aromatic heterocycles. The molecule has 2 aromatic rings. The maximum Gasteiger partial charge on any atom is 0.339 e.